The minimum atomic E-state index is -0.629. The van der Waals surface area contributed by atoms with Gasteiger partial charge in [0.05, 0.1) is 12.1 Å². The molecule has 1 saturated carbocycles. The van der Waals surface area contributed by atoms with Gasteiger partial charge in [-0.3, -0.25) is 4.79 Å². The first-order valence-electron chi connectivity index (χ1n) is 7.92. The van der Waals surface area contributed by atoms with Gasteiger partial charge in [0.15, 0.2) is 0 Å². The Kier molecular flexibility index (Phi) is 6.21. The number of carbonyl (C=O) groups excluding carboxylic acids is 1. The fourth-order valence-electron chi connectivity index (χ4n) is 2.83. The molecule has 1 amide bonds. The van der Waals surface area contributed by atoms with Gasteiger partial charge in [-0.15, -0.1) is 0 Å². The Labute approximate surface area is 126 Å². The van der Waals surface area contributed by atoms with E-state index in [1.54, 1.807) is 0 Å². The molecule has 1 aromatic carbocycles. The monoisotopic (exact) mass is 290 g/mol. The van der Waals surface area contributed by atoms with Crippen molar-refractivity contribution in [2.24, 2.45) is 0 Å². The molecule has 0 atom stereocenters. The summed E-state index contributed by atoms with van der Waals surface area (Å²) in [5.41, 5.74) is 0.462. The van der Waals surface area contributed by atoms with Gasteiger partial charge in [0, 0.05) is 13.1 Å². The molecule has 0 aliphatic heterocycles. The lowest BCUT2D eigenvalue weighted by Gasteiger charge is -2.26. The normalized spacial score (nSPS) is 18.0. The molecule has 0 bridgehead atoms. The molecule has 1 fully saturated rings. The van der Waals surface area contributed by atoms with E-state index in [9.17, 15) is 9.90 Å². The third-order valence-corrected chi connectivity index (χ3v) is 4.11. The smallest absolute Gasteiger partial charge is 0.234 e. The number of aliphatic hydroxyl groups is 1. The van der Waals surface area contributed by atoms with Crippen LogP contribution in [0.1, 0.15) is 44.1 Å². The van der Waals surface area contributed by atoms with E-state index in [2.05, 4.69) is 10.6 Å². The molecule has 1 aliphatic carbocycles. The lowest BCUT2D eigenvalue weighted by molar-refractivity contribution is -0.120. The van der Waals surface area contributed by atoms with Gasteiger partial charge in [0.1, 0.15) is 0 Å². The molecule has 0 heterocycles. The summed E-state index contributed by atoms with van der Waals surface area (Å²) < 4.78 is 0. The van der Waals surface area contributed by atoms with Crippen molar-refractivity contribution in [3.63, 3.8) is 0 Å². The SMILES string of the molecule is O=C(CNCC1(O)CCCCCC1)NCc1ccccc1. The standard InChI is InChI=1S/C17H26N2O2/c20-16(19-12-15-8-4-3-5-9-15)13-18-14-17(21)10-6-1-2-7-11-17/h3-5,8-9,18,21H,1-2,6-7,10-14H2,(H,19,20). The van der Waals surface area contributed by atoms with Crippen LogP contribution in [-0.2, 0) is 11.3 Å². The second-order valence-electron chi connectivity index (χ2n) is 6.00. The predicted molar refractivity (Wildman–Crippen MR) is 83.8 cm³/mol. The molecular formula is C17H26N2O2. The maximum absolute atomic E-state index is 11.8. The molecule has 4 nitrogen and oxygen atoms in total. The molecule has 1 aliphatic rings. The van der Waals surface area contributed by atoms with Crippen LogP contribution in [0.15, 0.2) is 30.3 Å². The minimum Gasteiger partial charge on any atom is -0.389 e. The zero-order valence-corrected chi connectivity index (χ0v) is 12.6. The van der Waals surface area contributed by atoms with Crippen LogP contribution in [0.25, 0.3) is 0 Å². The van der Waals surface area contributed by atoms with Gasteiger partial charge < -0.3 is 15.7 Å². The average Bonchev–Trinajstić information content (AvgIpc) is 2.71. The van der Waals surface area contributed by atoms with E-state index >= 15 is 0 Å². The van der Waals surface area contributed by atoms with Gasteiger partial charge in [0.2, 0.25) is 5.91 Å². The first-order chi connectivity index (χ1) is 10.2. The van der Waals surface area contributed by atoms with Gasteiger partial charge in [-0.1, -0.05) is 56.0 Å². The Morgan fingerprint density at radius 1 is 1.10 bits per heavy atom. The van der Waals surface area contributed by atoms with Crippen molar-refractivity contribution in [3.05, 3.63) is 35.9 Å². The number of hydrogen-bond donors (Lipinski definition) is 3. The second-order valence-corrected chi connectivity index (χ2v) is 6.00. The summed E-state index contributed by atoms with van der Waals surface area (Å²) in [7, 11) is 0. The summed E-state index contributed by atoms with van der Waals surface area (Å²) in [6.45, 7) is 1.31. The lowest BCUT2D eigenvalue weighted by atomic mass is 9.94. The highest BCUT2D eigenvalue weighted by Gasteiger charge is 2.27. The average molecular weight is 290 g/mol. The molecule has 0 aromatic heterocycles. The number of nitrogens with one attached hydrogen (secondary N) is 2. The summed E-state index contributed by atoms with van der Waals surface area (Å²) in [6, 6.07) is 9.85. The summed E-state index contributed by atoms with van der Waals surface area (Å²) >= 11 is 0. The van der Waals surface area contributed by atoms with E-state index in [1.165, 1.54) is 12.8 Å². The molecule has 2 rings (SSSR count). The van der Waals surface area contributed by atoms with Crippen molar-refractivity contribution in [2.45, 2.75) is 50.7 Å². The molecule has 3 N–H and O–H groups in total. The van der Waals surface area contributed by atoms with Crippen LogP contribution < -0.4 is 10.6 Å². The number of rotatable bonds is 6. The first kappa shape index (κ1) is 16.0. The highest BCUT2D eigenvalue weighted by atomic mass is 16.3. The van der Waals surface area contributed by atoms with E-state index in [4.69, 9.17) is 0 Å². The third-order valence-electron chi connectivity index (χ3n) is 4.11. The van der Waals surface area contributed by atoms with E-state index in [-0.39, 0.29) is 12.5 Å². The van der Waals surface area contributed by atoms with Crippen molar-refractivity contribution >= 4 is 5.91 Å². The molecule has 21 heavy (non-hydrogen) atoms. The predicted octanol–water partition coefficient (Wildman–Crippen LogP) is 1.98. The Morgan fingerprint density at radius 2 is 1.76 bits per heavy atom. The van der Waals surface area contributed by atoms with Crippen LogP contribution in [0.3, 0.4) is 0 Å². The zero-order valence-electron chi connectivity index (χ0n) is 12.6. The van der Waals surface area contributed by atoms with Gasteiger partial charge in [0.25, 0.3) is 0 Å². The van der Waals surface area contributed by atoms with Gasteiger partial charge in [-0.2, -0.15) is 0 Å². The fourth-order valence-corrected chi connectivity index (χ4v) is 2.83. The topological polar surface area (TPSA) is 61.4 Å². The summed E-state index contributed by atoms with van der Waals surface area (Å²) in [5, 5.41) is 16.5. The quantitative estimate of drug-likeness (QED) is 0.702. The van der Waals surface area contributed by atoms with Crippen LogP contribution in [0.4, 0.5) is 0 Å². The highest BCUT2D eigenvalue weighted by molar-refractivity contribution is 5.77. The van der Waals surface area contributed by atoms with E-state index in [1.807, 2.05) is 30.3 Å². The molecular weight excluding hydrogens is 264 g/mol. The maximum Gasteiger partial charge on any atom is 0.234 e. The second kappa shape index (κ2) is 8.15. The number of carbonyl (C=O) groups is 1. The maximum atomic E-state index is 11.8. The van der Waals surface area contributed by atoms with Crippen molar-refractivity contribution in [2.75, 3.05) is 13.1 Å². The van der Waals surface area contributed by atoms with E-state index in [0.717, 1.165) is 31.2 Å². The molecule has 4 heteroatoms. The van der Waals surface area contributed by atoms with Crippen LogP contribution in [0.5, 0.6) is 0 Å². The molecule has 1 aromatic rings. The summed E-state index contributed by atoms with van der Waals surface area (Å²) in [4.78, 5) is 11.8. The Balaban J connectivity index is 1.64. The van der Waals surface area contributed by atoms with E-state index in [0.29, 0.717) is 13.1 Å². The van der Waals surface area contributed by atoms with Crippen molar-refractivity contribution in [1.29, 1.82) is 0 Å². The Hall–Kier alpha value is -1.39. The molecule has 0 saturated heterocycles. The number of amides is 1. The molecule has 0 unspecified atom stereocenters. The van der Waals surface area contributed by atoms with Gasteiger partial charge in [-0.05, 0) is 18.4 Å². The van der Waals surface area contributed by atoms with Crippen LogP contribution in [0, 0.1) is 0 Å². The molecule has 0 spiro atoms. The van der Waals surface area contributed by atoms with Crippen molar-refractivity contribution in [3.8, 4) is 0 Å². The van der Waals surface area contributed by atoms with Crippen LogP contribution >= 0.6 is 0 Å². The molecule has 116 valence electrons. The van der Waals surface area contributed by atoms with Crippen molar-refractivity contribution < 1.29 is 9.90 Å². The van der Waals surface area contributed by atoms with Crippen LogP contribution in [-0.4, -0.2) is 29.7 Å². The number of hydrogen-bond acceptors (Lipinski definition) is 3. The van der Waals surface area contributed by atoms with E-state index < -0.39 is 5.60 Å². The molecule has 0 radical (unpaired) electrons. The lowest BCUT2D eigenvalue weighted by Crippen LogP contribution is -2.43. The van der Waals surface area contributed by atoms with Crippen LogP contribution in [0.2, 0.25) is 0 Å². The zero-order chi connectivity index (χ0) is 15.0. The van der Waals surface area contributed by atoms with Gasteiger partial charge >= 0.3 is 0 Å². The minimum absolute atomic E-state index is 0.0314. The Bertz CT molecular complexity index is 426. The fraction of sp³-hybridized carbons (Fsp3) is 0.588. The van der Waals surface area contributed by atoms with Crippen molar-refractivity contribution in [1.82, 2.24) is 10.6 Å². The number of benzene rings is 1. The summed E-state index contributed by atoms with van der Waals surface area (Å²) in [5.74, 6) is -0.0314. The summed E-state index contributed by atoms with van der Waals surface area (Å²) in [6.07, 6.45) is 6.26. The third kappa shape index (κ3) is 5.86. The first-order valence-corrected chi connectivity index (χ1v) is 7.92. The highest BCUT2D eigenvalue weighted by Crippen LogP contribution is 2.26. The largest absolute Gasteiger partial charge is 0.389 e. The van der Waals surface area contributed by atoms with Gasteiger partial charge in [-0.25, -0.2) is 0 Å². The Morgan fingerprint density at radius 3 is 2.43 bits per heavy atom.